The van der Waals surface area contributed by atoms with Gasteiger partial charge in [0.25, 0.3) is 0 Å². The van der Waals surface area contributed by atoms with E-state index in [0.717, 1.165) is 19.3 Å². The van der Waals surface area contributed by atoms with Crippen LogP contribution in [0.25, 0.3) is 0 Å². The van der Waals surface area contributed by atoms with Crippen molar-refractivity contribution in [2.24, 2.45) is 17.8 Å². The van der Waals surface area contributed by atoms with E-state index >= 15 is 0 Å². The van der Waals surface area contributed by atoms with Gasteiger partial charge in [-0.15, -0.1) is 0 Å². The average Bonchev–Trinajstić information content (AvgIpc) is 2.87. The number of aliphatic carboxylic acids is 1. The molecule has 2 N–H and O–H groups in total. The van der Waals surface area contributed by atoms with Gasteiger partial charge in [0.1, 0.15) is 0 Å². The minimum absolute atomic E-state index is 0.156. The highest BCUT2D eigenvalue weighted by atomic mass is 16.4. The zero-order valence-electron chi connectivity index (χ0n) is 10.3. The monoisotopic (exact) mass is 240 g/mol. The summed E-state index contributed by atoms with van der Waals surface area (Å²) in [5.74, 6) is -0.533. The van der Waals surface area contributed by atoms with E-state index in [1.807, 2.05) is 6.92 Å². The number of carbonyl (C=O) groups excluding carboxylic acids is 1. The molecule has 0 radical (unpaired) electrons. The van der Waals surface area contributed by atoms with Crippen LogP contribution in [0.3, 0.4) is 0 Å². The van der Waals surface area contributed by atoms with Crippen molar-refractivity contribution in [3.63, 3.8) is 0 Å². The van der Waals surface area contributed by atoms with E-state index in [2.05, 4.69) is 5.32 Å². The number of rotatable bonds is 3. The van der Waals surface area contributed by atoms with Crippen molar-refractivity contribution in [2.45, 2.75) is 32.2 Å². The average molecular weight is 240 g/mol. The van der Waals surface area contributed by atoms with Crippen LogP contribution in [0, 0.1) is 17.8 Å². The molecule has 0 saturated heterocycles. The molecule has 2 bridgehead atoms. The summed E-state index contributed by atoms with van der Waals surface area (Å²) in [4.78, 5) is 24.6. The summed E-state index contributed by atoms with van der Waals surface area (Å²) in [5.41, 5.74) is 0. The van der Waals surface area contributed by atoms with Gasteiger partial charge in [-0.3, -0.25) is 4.79 Å². The lowest BCUT2D eigenvalue weighted by molar-refractivity contribution is -0.144. The maximum absolute atomic E-state index is 11.8. The van der Waals surface area contributed by atoms with Gasteiger partial charge in [0.05, 0.1) is 5.92 Å². The van der Waals surface area contributed by atoms with Gasteiger partial charge >= 0.3 is 12.0 Å². The Morgan fingerprint density at radius 1 is 1.35 bits per heavy atom. The summed E-state index contributed by atoms with van der Waals surface area (Å²) < 4.78 is 0. The molecule has 0 aromatic heterocycles. The van der Waals surface area contributed by atoms with E-state index < -0.39 is 5.97 Å². The van der Waals surface area contributed by atoms with E-state index in [0.29, 0.717) is 12.5 Å². The van der Waals surface area contributed by atoms with Crippen LogP contribution in [0.15, 0.2) is 0 Å². The van der Waals surface area contributed by atoms with E-state index in [-0.39, 0.29) is 23.9 Å². The number of nitrogens with one attached hydrogen (secondary N) is 1. The third kappa shape index (κ3) is 2.10. The number of carboxylic acid groups (broad SMARTS) is 1. The van der Waals surface area contributed by atoms with E-state index in [9.17, 15) is 14.7 Å². The predicted molar refractivity (Wildman–Crippen MR) is 62.6 cm³/mol. The van der Waals surface area contributed by atoms with Crippen LogP contribution in [0.4, 0.5) is 4.79 Å². The van der Waals surface area contributed by atoms with Gasteiger partial charge in [0.15, 0.2) is 0 Å². The maximum atomic E-state index is 11.8. The van der Waals surface area contributed by atoms with Gasteiger partial charge in [-0.2, -0.15) is 0 Å². The highest BCUT2D eigenvalue weighted by Crippen LogP contribution is 2.48. The van der Waals surface area contributed by atoms with Crippen molar-refractivity contribution in [1.82, 2.24) is 10.2 Å². The third-order valence-corrected chi connectivity index (χ3v) is 4.31. The van der Waals surface area contributed by atoms with Crippen LogP contribution in [0.5, 0.6) is 0 Å². The molecule has 17 heavy (non-hydrogen) atoms. The second-order valence-electron chi connectivity index (χ2n) is 5.19. The number of amides is 2. The second-order valence-corrected chi connectivity index (χ2v) is 5.19. The third-order valence-electron chi connectivity index (χ3n) is 4.31. The van der Waals surface area contributed by atoms with Gasteiger partial charge in [0, 0.05) is 19.6 Å². The summed E-state index contributed by atoms with van der Waals surface area (Å²) in [6.45, 7) is 2.53. The van der Waals surface area contributed by atoms with Crippen molar-refractivity contribution >= 4 is 12.0 Å². The highest BCUT2D eigenvalue weighted by molar-refractivity contribution is 5.77. The molecule has 5 nitrogen and oxygen atoms in total. The van der Waals surface area contributed by atoms with Crippen LogP contribution in [-0.2, 0) is 4.79 Å². The number of carboxylic acids is 1. The summed E-state index contributed by atoms with van der Waals surface area (Å²) >= 11 is 0. The quantitative estimate of drug-likeness (QED) is 0.777. The molecule has 5 heteroatoms. The van der Waals surface area contributed by atoms with E-state index in [1.165, 1.54) is 0 Å². The maximum Gasteiger partial charge on any atom is 0.317 e. The Kier molecular flexibility index (Phi) is 3.26. The van der Waals surface area contributed by atoms with Crippen LogP contribution in [0.1, 0.15) is 26.2 Å². The van der Waals surface area contributed by atoms with Crippen molar-refractivity contribution < 1.29 is 14.7 Å². The van der Waals surface area contributed by atoms with Crippen molar-refractivity contribution in [1.29, 1.82) is 0 Å². The normalized spacial score (nSPS) is 34.7. The molecule has 0 aliphatic heterocycles. The molecule has 2 amide bonds. The standard InChI is InChI=1S/C12H20N2O3/c1-3-14(2)12(17)13-10-8-5-4-7(6-8)9(10)11(15)16/h7-10H,3-6H2,1-2H3,(H,13,17)(H,15,16). The summed E-state index contributed by atoms with van der Waals surface area (Å²) in [6, 6.07) is -0.330. The fourth-order valence-corrected chi connectivity index (χ4v) is 3.25. The molecule has 4 atom stereocenters. The lowest BCUT2D eigenvalue weighted by Crippen LogP contribution is -2.50. The van der Waals surface area contributed by atoms with Crippen molar-refractivity contribution in [3.05, 3.63) is 0 Å². The Bertz CT molecular complexity index is 332. The number of hydrogen-bond acceptors (Lipinski definition) is 2. The molecule has 2 aliphatic carbocycles. The molecule has 2 saturated carbocycles. The highest BCUT2D eigenvalue weighted by Gasteiger charge is 2.51. The molecule has 96 valence electrons. The number of hydrogen-bond donors (Lipinski definition) is 2. The molecular weight excluding hydrogens is 220 g/mol. The number of carbonyl (C=O) groups is 2. The molecule has 4 unspecified atom stereocenters. The largest absolute Gasteiger partial charge is 0.481 e. The van der Waals surface area contributed by atoms with Crippen molar-refractivity contribution in [3.8, 4) is 0 Å². The molecular formula is C12H20N2O3. The fourth-order valence-electron chi connectivity index (χ4n) is 3.25. The Morgan fingerprint density at radius 3 is 2.59 bits per heavy atom. The smallest absolute Gasteiger partial charge is 0.317 e. The van der Waals surface area contributed by atoms with Crippen LogP contribution < -0.4 is 5.32 Å². The molecule has 0 aromatic carbocycles. The fraction of sp³-hybridized carbons (Fsp3) is 0.833. The van der Waals surface area contributed by atoms with Gasteiger partial charge in [0.2, 0.25) is 0 Å². The summed E-state index contributed by atoms with van der Waals surface area (Å²) in [6.07, 6.45) is 3.00. The number of nitrogens with zero attached hydrogens (tertiary/aromatic N) is 1. The van der Waals surface area contributed by atoms with Gasteiger partial charge in [-0.25, -0.2) is 4.79 Å². The zero-order valence-corrected chi connectivity index (χ0v) is 10.3. The molecule has 2 aliphatic rings. The lowest BCUT2D eigenvalue weighted by Gasteiger charge is -2.30. The Labute approximate surface area is 101 Å². The minimum Gasteiger partial charge on any atom is -0.481 e. The van der Waals surface area contributed by atoms with Crippen LogP contribution >= 0.6 is 0 Å². The Hall–Kier alpha value is -1.26. The van der Waals surface area contributed by atoms with Crippen molar-refractivity contribution in [2.75, 3.05) is 13.6 Å². The first-order valence-corrected chi connectivity index (χ1v) is 6.29. The minimum atomic E-state index is -0.762. The SMILES string of the molecule is CCN(C)C(=O)NC1C2CCC(C2)C1C(=O)O. The lowest BCUT2D eigenvalue weighted by atomic mass is 9.84. The molecule has 0 spiro atoms. The van der Waals surface area contributed by atoms with Gasteiger partial charge in [-0.05, 0) is 38.0 Å². The van der Waals surface area contributed by atoms with E-state index in [1.54, 1.807) is 11.9 Å². The first-order chi connectivity index (χ1) is 8.04. The Morgan fingerprint density at radius 2 is 2.00 bits per heavy atom. The van der Waals surface area contributed by atoms with E-state index in [4.69, 9.17) is 0 Å². The second kappa shape index (κ2) is 4.55. The van der Waals surface area contributed by atoms with Crippen LogP contribution in [-0.4, -0.2) is 41.6 Å². The Balaban J connectivity index is 2.04. The summed E-state index contributed by atoms with van der Waals surface area (Å²) in [5, 5.41) is 12.1. The topological polar surface area (TPSA) is 69.6 Å². The molecule has 2 fully saturated rings. The predicted octanol–water partition coefficient (Wildman–Crippen LogP) is 1.15. The van der Waals surface area contributed by atoms with Gasteiger partial charge in [-0.1, -0.05) is 0 Å². The molecule has 0 aromatic rings. The van der Waals surface area contributed by atoms with Gasteiger partial charge < -0.3 is 15.3 Å². The van der Waals surface area contributed by atoms with Crippen LogP contribution in [0.2, 0.25) is 0 Å². The number of fused-ring (bicyclic) bond motifs is 2. The number of urea groups is 1. The zero-order chi connectivity index (χ0) is 12.6. The summed E-state index contributed by atoms with van der Waals surface area (Å²) in [7, 11) is 1.72. The molecule has 0 heterocycles. The molecule has 2 rings (SSSR count). The first kappa shape index (κ1) is 12.2. The first-order valence-electron chi connectivity index (χ1n) is 6.29.